The van der Waals surface area contributed by atoms with Crippen LogP contribution in [0.5, 0.6) is 0 Å². The minimum Gasteiger partial charge on any atom is -0.381 e. The van der Waals surface area contributed by atoms with Gasteiger partial charge in [0, 0.05) is 31.0 Å². The molecule has 3 heterocycles. The summed E-state index contributed by atoms with van der Waals surface area (Å²) < 4.78 is 5.50. The van der Waals surface area contributed by atoms with E-state index in [-0.39, 0.29) is 17.2 Å². The fourth-order valence-corrected chi connectivity index (χ4v) is 3.21. The highest BCUT2D eigenvalue weighted by molar-refractivity contribution is 6.33. The number of nitrogens with zero attached hydrogens (tertiary/aromatic N) is 3. The summed E-state index contributed by atoms with van der Waals surface area (Å²) in [5.74, 6) is 0.732. The molecule has 1 atom stereocenters. The lowest BCUT2D eigenvalue weighted by Crippen LogP contribution is -2.33. The van der Waals surface area contributed by atoms with Crippen LogP contribution in [0, 0.1) is 5.41 Å². The number of hydrogen-bond donors (Lipinski definition) is 0. The first-order chi connectivity index (χ1) is 10.0. The smallest absolute Gasteiger partial charge is 0.274 e. The van der Waals surface area contributed by atoms with Gasteiger partial charge in [-0.05, 0) is 12.8 Å². The Kier molecular flexibility index (Phi) is 3.88. The van der Waals surface area contributed by atoms with E-state index in [1.807, 2.05) is 18.7 Å². The molecule has 6 heteroatoms. The lowest BCUT2D eigenvalue weighted by Gasteiger charge is -2.22. The zero-order valence-electron chi connectivity index (χ0n) is 12.4. The summed E-state index contributed by atoms with van der Waals surface area (Å²) in [5, 5.41) is 0.327. The first-order valence-electron chi connectivity index (χ1n) is 7.40. The molecule has 0 radical (unpaired) electrons. The monoisotopic (exact) mass is 309 g/mol. The maximum Gasteiger partial charge on any atom is 0.274 e. The number of carbonyl (C=O) groups is 1. The summed E-state index contributed by atoms with van der Waals surface area (Å²) in [4.78, 5) is 23.1. The van der Waals surface area contributed by atoms with E-state index in [0.717, 1.165) is 39.1 Å². The van der Waals surface area contributed by atoms with Gasteiger partial charge in [0.2, 0.25) is 0 Å². The van der Waals surface area contributed by atoms with Crippen molar-refractivity contribution in [2.75, 3.05) is 26.3 Å². The molecule has 1 aromatic rings. The van der Waals surface area contributed by atoms with Gasteiger partial charge < -0.3 is 9.64 Å². The molecular weight excluding hydrogens is 290 g/mol. The number of carbonyl (C=O) groups excluding carboxylic acids is 1. The van der Waals surface area contributed by atoms with Crippen molar-refractivity contribution in [1.82, 2.24) is 14.9 Å². The van der Waals surface area contributed by atoms with Gasteiger partial charge in [0.25, 0.3) is 5.91 Å². The summed E-state index contributed by atoms with van der Waals surface area (Å²) in [5.41, 5.74) is 0.474. The molecule has 0 bridgehead atoms. The fraction of sp³-hybridized carbons (Fsp3) is 0.667. The Morgan fingerprint density at radius 3 is 2.95 bits per heavy atom. The van der Waals surface area contributed by atoms with Crippen LogP contribution in [0.3, 0.4) is 0 Å². The van der Waals surface area contributed by atoms with E-state index in [9.17, 15) is 4.79 Å². The molecular formula is C15H20ClN3O2. The molecule has 1 amide bonds. The Hall–Kier alpha value is -1.20. The normalized spacial score (nSPS) is 25.2. The standard InChI is InChI=1S/C15H20ClN3O2/c1-10(2)13-17-7-11(16)12(18-13)14(20)19-5-3-15(8-19)4-6-21-9-15/h7,10H,3-6,8-9H2,1-2H3/t15-/m1/s1. The third-order valence-corrected chi connectivity index (χ3v) is 4.67. The van der Waals surface area contributed by atoms with Gasteiger partial charge in [-0.25, -0.2) is 9.97 Å². The molecule has 0 saturated carbocycles. The molecule has 2 aliphatic rings. The van der Waals surface area contributed by atoms with E-state index in [1.165, 1.54) is 6.20 Å². The van der Waals surface area contributed by atoms with Gasteiger partial charge >= 0.3 is 0 Å². The van der Waals surface area contributed by atoms with Crippen molar-refractivity contribution in [3.05, 3.63) is 22.7 Å². The van der Waals surface area contributed by atoms with Crippen LogP contribution in [0.25, 0.3) is 0 Å². The van der Waals surface area contributed by atoms with Crippen molar-refractivity contribution >= 4 is 17.5 Å². The molecule has 2 fully saturated rings. The van der Waals surface area contributed by atoms with Crippen LogP contribution in [-0.2, 0) is 4.74 Å². The van der Waals surface area contributed by atoms with Crippen LogP contribution in [-0.4, -0.2) is 47.1 Å². The van der Waals surface area contributed by atoms with Crippen molar-refractivity contribution in [1.29, 1.82) is 0 Å². The predicted molar refractivity (Wildman–Crippen MR) is 79.5 cm³/mol. The third kappa shape index (κ3) is 2.77. The third-order valence-electron chi connectivity index (χ3n) is 4.39. The summed E-state index contributed by atoms with van der Waals surface area (Å²) in [6, 6.07) is 0. The minimum atomic E-state index is -0.0897. The molecule has 1 aromatic heterocycles. The molecule has 0 unspecified atom stereocenters. The van der Waals surface area contributed by atoms with E-state index in [1.54, 1.807) is 0 Å². The highest BCUT2D eigenvalue weighted by atomic mass is 35.5. The van der Waals surface area contributed by atoms with Gasteiger partial charge in [-0.15, -0.1) is 0 Å². The lowest BCUT2D eigenvalue weighted by molar-refractivity contribution is 0.0759. The van der Waals surface area contributed by atoms with Crippen LogP contribution in [0.4, 0.5) is 0 Å². The molecule has 0 aromatic carbocycles. The van der Waals surface area contributed by atoms with E-state index in [2.05, 4.69) is 9.97 Å². The zero-order chi connectivity index (χ0) is 15.0. The van der Waals surface area contributed by atoms with E-state index >= 15 is 0 Å². The Morgan fingerprint density at radius 2 is 2.29 bits per heavy atom. The Bertz CT molecular complexity index is 556. The first-order valence-corrected chi connectivity index (χ1v) is 7.78. The molecule has 3 rings (SSSR count). The number of halogens is 1. The van der Waals surface area contributed by atoms with Gasteiger partial charge in [0.05, 0.1) is 17.8 Å². The summed E-state index contributed by atoms with van der Waals surface area (Å²) in [6.45, 7) is 7.04. The van der Waals surface area contributed by atoms with Crippen molar-refractivity contribution in [2.24, 2.45) is 5.41 Å². The maximum atomic E-state index is 12.7. The molecule has 114 valence electrons. The SMILES string of the molecule is CC(C)c1ncc(Cl)c(C(=O)N2CC[C@@]3(CCOC3)C2)n1. The van der Waals surface area contributed by atoms with E-state index < -0.39 is 0 Å². The van der Waals surface area contributed by atoms with Crippen molar-refractivity contribution in [3.8, 4) is 0 Å². The van der Waals surface area contributed by atoms with Gasteiger partial charge in [0.15, 0.2) is 5.69 Å². The second-order valence-corrected chi connectivity index (χ2v) is 6.77. The highest BCUT2D eigenvalue weighted by Crippen LogP contribution is 2.38. The van der Waals surface area contributed by atoms with Gasteiger partial charge in [-0.1, -0.05) is 25.4 Å². The number of aromatic nitrogens is 2. The van der Waals surface area contributed by atoms with Gasteiger partial charge in [0.1, 0.15) is 5.82 Å². The van der Waals surface area contributed by atoms with Gasteiger partial charge in [-0.3, -0.25) is 4.79 Å². The molecule has 1 spiro atoms. The quantitative estimate of drug-likeness (QED) is 0.842. The van der Waals surface area contributed by atoms with Crippen LogP contribution >= 0.6 is 11.6 Å². The van der Waals surface area contributed by atoms with Crippen molar-refractivity contribution < 1.29 is 9.53 Å². The van der Waals surface area contributed by atoms with E-state index in [0.29, 0.717) is 16.5 Å². The lowest BCUT2D eigenvalue weighted by atomic mass is 9.87. The minimum absolute atomic E-state index is 0.0897. The molecule has 5 nitrogen and oxygen atoms in total. The summed E-state index contributed by atoms with van der Waals surface area (Å²) in [7, 11) is 0. The zero-order valence-corrected chi connectivity index (χ0v) is 13.2. The second-order valence-electron chi connectivity index (χ2n) is 6.36. The van der Waals surface area contributed by atoms with Crippen LogP contribution < -0.4 is 0 Å². The van der Waals surface area contributed by atoms with Crippen molar-refractivity contribution in [2.45, 2.75) is 32.6 Å². The molecule has 2 saturated heterocycles. The second kappa shape index (κ2) is 5.54. The Labute approximate surface area is 129 Å². The topological polar surface area (TPSA) is 55.3 Å². The highest BCUT2D eigenvalue weighted by Gasteiger charge is 2.43. The maximum absolute atomic E-state index is 12.7. The Balaban J connectivity index is 1.81. The predicted octanol–water partition coefficient (Wildman–Crippen LogP) is 2.51. The average molecular weight is 310 g/mol. The van der Waals surface area contributed by atoms with E-state index in [4.69, 9.17) is 16.3 Å². The van der Waals surface area contributed by atoms with Crippen LogP contribution in [0.2, 0.25) is 5.02 Å². The summed E-state index contributed by atoms with van der Waals surface area (Å²) in [6.07, 6.45) is 3.56. The Morgan fingerprint density at radius 1 is 1.48 bits per heavy atom. The average Bonchev–Trinajstić information content (AvgIpc) is 3.09. The summed E-state index contributed by atoms with van der Waals surface area (Å²) >= 11 is 6.13. The number of hydrogen-bond acceptors (Lipinski definition) is 4. The van der Waals surface area contributed by atoms with Crippen LogP contribution in [0.15, 0.2) is 6.20 Å². The number of amides is 1. The fourth-order valence-electron chi connectivity index (χ4n) is 3.04. The number of rotatable bonds is 2. The molecule has 0 aliphatic carbocycles. The van der Waals surface area contributed by atoms with Crippen molar-refractivity contribution in [3.63, 3.8) is 0 Å². The van der Waals surface area contributed by atoms with Gasteiger partial charge in [-0.2, -0.15) is 0 Å². The molecule has 2 aliphatic heterocycles. The largest absolute Gasteiger partial charge is 0.381 e. The van der Waals surface area contributed by atoms with Crippen LogP contribution in [0.1, 0.15) is 48.9 Å². The molecule has 21 heavy (non-hydrogen) atoms. The first kappa shape index (κ1) is 14.7. The number of likely N-dealkylation sites (tertiary alicyclic amines) is 1. The number of ether oxygens (including phenoxy) is 1. The molecule has 0 N–H and O–H groups in total.